The Kier molecular flexibility index (Phi) is 6.82. The second-order valence-electron chi connectivity index (χ2n) is 7.76. The molecule has 0 spiro atoms. The first kappa shape index (κ1) is 23.8. The van der Waals surface area contributed by atoms with Crippen LogP contribution in [0.5, 0.6) is 0 Å². The van der Waals surface area contributed by atoms with Crippen molar-refractivity contribution in [3.8, 4) is 0 Å². The Hall–Kier alpha value is -2.38. The van der Waals surface area contributed by atoms with E-state index in [1.807, 2.05) is 0 Å². The number of morpholine rings is 1. The van der Waals surface area contributed by atoms with Crippen molar-refractivity contribution < 1.29 is 30.8 Å². The largest absolute Gasteiger partial charge is 0.379 e. The minimum absolute atomic E-state index is 0.0822. The number of halogens is 1. The molecule has 33 heavy (non-hydrogen) atoms. The Labute approximate surface area is 192 Å². The van der Waals surface area contributed by atoms with E-state index in [0.29, 0.717) is 31.7 Å². The normalized spacial score (nSPS) is 20.6. The van der Waals surface area contributed by atoms with E-state index in [9.17, 15) is 26.0 Å². The highest BCUT2D eigenvalue weighted by atomic mass is 32.2. The Bertz CT molecular complexity index is 1210. The topological polar surface area (TPSA) is 113 Å². The third-order valence-electron chi connectivity index (χ3n) is 5.66. The molecule has 1 atom stereocenters. The molecule has 2 aromatic carbocycles. The predicted molar refractivity (Wildman–Crippen MR) is 118 cm³/mol. The number of rotatable bonds is 6. The second-order valence-corrected chi connectivity index (χ2v) is 11.6. The van der Waals surface area contributed by atoms with Crippen LogP contribution >= 0.6 is 0 Å². The maximum absolute atomic E-state index is 13.2. The van der Waals surface area contributed by atoms with Gasteiger partial charge in [-0.2, -0.15) is 8.61 Å². The average Bonchev–Trinajstić information content (AvgIpc) is 3.32. The van der Waals surface area contributed by atoms with Gasteiger partial charge < -0.3 is 10.1 Å². The lowest BCUT2D eigenvalue weighted by molar-refractivity contribution is -0.119. The zero-order chi connectivity index (χ0) is 23.6. The molecule has 0 saturated carbocycles. The summed E-state index contributed by atoms with van der Waals surface area (Å²) in [5, 5.41) is 2.67. The van der Waals surface area contributed by atoms with Gasteiger partial charge in [0, 0.05) is 25.3 Å². The van der Waals surface area contributed by atoms with Crippen molar-refractivity contribution in [3.05, 3.63) is 54.3 Å². The quantitative estimate of drug-likeness (QED) is 0.649. The number of nitrogens with zero attached hydrogens (tertiary/aromatic N) is 2. The number of benzene rings is 2. The van der Waals surface area contributed by atoms with Crippen LogP contribution in [0.1, 0.15) is 12.8 Å². The fourth-order valence-electron chi connectivity index (χ4n) is 3.90. The molecular weight excluding hydrogens is 473 g/mol. The molecule has 2 heterocycles. The van der Waals surface area contributed by atoms with Gasteiger partial charge in [0.05, 0.1) is 23.0 Å². The molecule has 0 unspecified atom stereocenters. The second kappa shape index (κ2) is 9.47. The Morgan fingerprint density at radius 1 is 0.879 bits per heavy atom. The molecule has 9 nitrogen and oxygen atoms in total. The number of carbonyl (C=O) groups excluding carboxylic acids is 1. The maximum Gasteiger partial charge on any atom is 0.243 e. The van der Waals surface area contributed by atoms with Crippen molar-refractivity contribution >= 4 is 31.6 Å². The summed E-state index contributed by atoms with van der Waals surface area (Å²) < 4.78 is 72.2. The SMILES string of the molecule is O=C(Nc1ccc(S(=O)(=O)N2CCOCC2)cc1)[C@@H]1CCCN1S(=O)(=O)c1ccc(F)cc1. The molecule has 0 radical (unpaired) electrons. The van der Waals surface area contributed by atoms with Crippen molar-refractivity contribution in [3.63, 3.8) is 0 Å². The molecule has 2 aliphatic heterocycles. The fourth-order valence-corrected chi connectivity index (χ4v) is 6.97. The van der Waals surface area contributed by atoms with E-state index in [2.05, 4.69) is 5.32 Å². The summed E-state index contributed by atoms with van der Waals surface area (Å²) in [6.07, 6.45) is 0.852. The number of hydrogen-bond donors (Lipinski definition) is 1. The average molecular weight is 498 g/mol. The van der Waals surface area contributed by atoms with Gasteiger partial charge in [-0.3, -0.25) is 4.79 Å². The number of carbonyl (C=O) groups is 1. The van der Waals surface area contributed by atoms with Gasteiger partial charge in [-0.25, -0.2) is 21.2 Å². The minimum Gasteiger partial charge on any atom is -0.379 e. The minimum atomic E-state index is -3.97. The van der Waals surface area contributed by atoms with Crippen molar-refractivity contribution in [2.75, 3.05) is 38.2 Å². The van der Waals surface area contributed by atoms with E-state index >= 15 is 0 Å². The van der Waals surface area contributed by atoms with E-state index in [1.165, 1.54) is 40.7 Å². The first-order valence-corrected chi connectivity index (χ1v) is 13.3. The monoisotopic (exact) mass is 497 g/mol. The van der Waals surface area contributed by atoms with Gasteiger partial charge in [0.25, 0.3) is 0 Å². The van der Waals surface area contributed by atoms with Gasteiger partial charge in [0.2, 0.25) is 26.0 Å². The van der Waals surface area contributed by atoms with Gasteiger partial charge in [0.15, 0.2) is 0 Å². The van der Waals surface area contributed by atoms with Crippen molar-refractivity contribution in [1.29, 1.82) is 0 Å². The lowest BCUT2D eigenvalue weighted by Gasteiger charge is -2.26. The predicted octanol–water partition coefficient (Wildman–Crippen LogP) is 1.64. The lowest BCUT2D eigenvalue weighted by Crippen LogP contribution is -2.43. The van der Waals surface area contributed by atoms with Crippen LogP contribution < -0.4 is 5.32 Å². The summed E-state index contributed by atoms with van der Waals surface area (Å²) >= 11 is 0. The molecule has 1 amide bonds. The molecule has 178 valence electrons. The molecule has 1 N–H and O–H groups in total. The Morgan fingerprint density at radius 3 is 2.09 bits per heavy atom. The molecule has 0 bridgehead atoms. The molecule has 2 fully saturated rings. The van der Waals surface area contributed by atoms with Gasteiger partial charge >= 0.3 is 0 Å². The molecule has 4 rings (SSSR count). The smallest absolute Gasteiger partial charge is 0.243 e. The number of nitrogens with one attached hydrogen (secondary N) is 1. The molecule has 2 saturated heterocycles. The number of anilines is 1. The van der Waals surface area contributed by atoms with Gasteiger partial charge in [-0.15, -0.1) is 0 Å². The van der Waals surface area contributed by atoms with E-state index < -0.39 is 37.8 Å². The first-order chi connectivity index (χ1) is 15.7. The van der Waals surface area contributed by atoms with Crippen LogP contribution in [0, 0.1) is 5.82 Å². The Balaban J connectivity index is 1.47. The van der Waals surface area contributed by atoms with E-state index in [4.69, 9.17) is 4.74 Å². The summed E-state index contributed by atoms with van der Waals surface area (Å²) in [7, 11) is -7.63. The first-order valence-electron chi connectivity index (χ1n) is 10.5. The highest BCUT2D eigenvalue weighted by Gasteiger charge is 2.39. The third kappa shape index (κ3) is 4.94. The zero-order valence-electron chi connectivity index (χ0n) is 17.7. The van der Waals surface area contributed by atoms with Crippen LogP contribution in [0.25, 0.3) is 0 Å². The van der Waals surface area contributed by atoms with Gasteiger partial charge in [-0.1, -0.05) is 0 Å². The van der Waals surface area contributed by atoms with Crippen LogP contribution in [0.2, 0.25) is 0 Å². The lowest BCUT2D eigenvalue weighted by atomic mass is 10.2. The van der Waals surface area contributed by atoms with Crippen LogP contribution in [0.15, 0.2) is 58.3 Å². The highest BCUT2D eigenvalue weighted by Crippen LogP contribution is 2.27. The standard InChI is InChI=1S/C21H24FN3O6S2/c22-16-3-7-19(8-4-16)33(29,30)25-11-1-2-20(25)21(26)23-17-5-9-18(10-6-17)32(27,28)24-12-14-31-15-13-24/h3-10,20H,1-2,11-15H2,(H,23,26)/t20-/m0/s1. The summed E-state index contributed by atoms with van der Waals surface area (Å²) in [4.78, 5) is 12.9. The number of sulfonamides is 2. The molecule has 0 aliphatic carbocycles. The van der Waals surface area contributed by atoms with E-state index in [-0.39, 0.29) is 29.4 Å². The van der Waals surface area contributed by atoms with E-state index in [1.54, 1.807) is 0 Å². The maximum atomic E-state index is 13.2. The summed E-state index contributed by atoms with van der Waals surface area (Å²) in [6, 6.07) is 9.30. The van der Waals surface area contributed by atoms with Crippen molar-refractivity contribution in [2.45, 2.75) is 28.7 Å². The summed E-state index contributed by atoms with van der Waals surface area (Å²) in [6.45, 7) is 1.41. The zero-order valence-corrected chi connectivity index (χ0v) is 19.3. The van der Waals surface area contributed by atoms with Gasteiger partial charge in [-0.05, 0) is 61.4 Å². The van der Waals surface area contributed by atoms with Crippen LogP contribution in [-0.2, 0) is 29.6 Å². The molecule has 2 aliphatic rings. The summed E-state index contributed by atoms with van der Waals surface area (Å²) in [5.74, 6) is -1.06. The third-order valence-corrected chi connectivity index (χ3v) is 9.49. The van der Waals surface area contributed by atoms with Gasteiger partial charge in [0.1, 0.15) is 11.9 Å². The van der Waals surface area contributed by atoms with Crippen LogP contribution in [-0.4, -0.2) is 70.2 Å². The van der Waals surface area contributed by atoms with E-state index in [0.717, 1.165) is 16.4 Å². The van der Waals surface area contributed by atoms with Crippen molar-refractivity contribution in [2.24, 2.45) is 0 Å². The molecule has 0 aromatic heterocycles. The Morgan fingerprint density at radius 2 is 1.45 bits per heavy atom. The van der Waals surface area contributed by atoms with Crippen LogP contribution in [0.4, 0.5) is 10.1 Å². The molecular formula is C21H24FN3O6S2. The number of ether oxygens (including phenoxy) is 1. The summed E-state index contributed by atoms with van der Waals surface area (Å²) in [5.41, 5.74) is 0.354. The van der Waals surface area contributed by atoms with Crippen molar-refractivity contribution in [1.82, 2.24) is 8.61 Å². The highest BCUT2D eigenvalue weighted by molar-refractivity contribution is 7.89. The fraction of sp³-hybridized carbons (Fsp3) is 0.381. The number of hydrogen-bond acceptors (Lipinski definition) is 6. The molecule has 2 aromatic rings. The number of amides is 1. The molecule has 12 heteroatoms. The van der Waals surface area contributed by atoms with Crippen LogP contribution in [0.3, 0.4) is 0 Å².